The molecule has 0 aliphatic carbocycles. The highest BCUT2D eigenvalue weighted by Crippen LogP contribution is 2.20. The van der Waals surface area contributed by atoms with E-state index in [1.807, 2.05) is 7.05 Å². The molecular formula is C12H25N3O. The van der Waals surface area contributed by atoms with E-state index < -0.39 is 0 Å². The van der Waals surface area contributed by atoms with E-state index in [1.165, 1.54) is 0 Å². The molecule has 1 aliphatic rings. The molecule has 0 bridgehead atoms. The van der Waals surface area contributed by atoms with Crippen LogP contribution < -0.4 is 10.6 Å². The molecule has 2 N–H and O–H groups in total. The normalized spacial score (nSPS) is 25.9. The Morgan fingerprint density at radius 1 is 1.56 bits per heavy atom. The second-order valence-electron chi connectivity index (χ2n) is 5.55. The second kappa shape index (κ2) is 5.15. The number of nitrogens with zero attached hydrogens (tertiary/aromatic N) is 1. The van der Waals surface area contributed by atoms with Gasteiger partial charge < -0.3 is 10.6 Å². The number of rotatable bonds is 4. The lowest BCUT2D eigenvalue weighted by Crippen LogP contribution is -2.66. The highest BCUT2D eigenvalue weighted by Gasteiger charge is 2.38. The third-order valence-corrected chi connectivity index (χ3v) is 3.07. The number of hydrogen-bond donors (Lipinski definition) is 2. The Hall–Kier alpha value is -0.610. The zero-order chi connectivity index (χ0) is 12.3. The van der Waals surface area contributed by atoms with Crippen molar-refractivity contribution >= 4 is 5.91 Å². The molecule has 0 aromatic carbocycles. The number of piperazine rings is 1. The lowest BCUT2D eigenvalue weighted by atomic mass is 9.95. The molecule has 4 heteroatoms. The first-order valence-electron chi connectivity index (χ1n) is 6.10. The van der Waals surface area contributed by atoms with Crippen LogP contribution in [0.4, 0.5) is 0 Å². The van der Waals surface area contributed by atoms with Gasteiger partial charge in [0.05, 0.1) is 6.04 Å². The zero-order valence-corrected chi connectivity index (χ0v) is 11.1. The standard InChI is InChI=1S/C12H25N3O/c1-9(2)15-8-12(3,4)14-11(16)10(15)6-7-13-5/h9-10,13H,6-8H2,1-5H3,(H,14,16). The lowest BCUT2D eigenvalue weighted by Gasteiger charge is -2.45. The Labute approximate surface area is 98.8 Å². The number of hydrogen-bond acceptors (Lipinski definition) is 3. The van der Waals surface area contributed by atoms with Gasteiger partial charge in [0.25, 0.3) is 0 Å². The highest BCUT2D eigenvalue weighted by molar-refractivity contribution is 5.83. The monoisotopic (exact) mass is 227 g/mol. The molecule has 1 saturated heterocycles. The van der Waals surface area contributed by atoms with Gasteiger partial charge in [-0.25, -0.2) is 0 Å². The molecule has 0 saturated carbocycles. The maximum absolute atomic E-state index is 12.1. The second-order valence-corrected chi connectivity index (χ2v) is 5.55. The van der Waals surface area contributed by atoms with E-state index in [2.05, 4.69) is 43.2 Å². The van der Waals surface area contributed by atoms with Crippen molar-refractivity contribution in [2.24, 2.45) is 0 Å². The van der Waals surface area contributed by atoms with Crippen molar-refractivity contribution in [1.82, 2.24) is 15.5 Å². The average molecular weight is 227 g/mol. The summed E-state index contributed by atoms with van der Waals surface area (Å²) in [5.41, 5.74) is -0.114. The predicted octanol–water partition coefficient (Wildman–Crippen LogP) is 0.583. The van der Waals surface area contributed by atoms with Crippen LogP contribution in [-0.2, 0) is 4.79 Å². The molecule has 1 rings (SSSR count). The fraction of sp³-hybridized carbons (Fsp3) is 0.917. The van der Waals surface area contributed by atoms with Gasteiger partial charge in [0.2, 0.25) is 5.91 Å². The molecule has 1 atom stereocenters. The fourth-order valence-corrected chi connectivity index (χ4v) is 2.29. The Kier molecular flexibility index (Phi) is 4.33. The Morgan fingerprint density at radius 2 is 2.19 bits per heavy atom. The Bertz CT molecular complexity index is 251. The molecule has 16 heavy (non-hydrogen) atoms. The van der Waals surface area contributed by atoms with Crippen molar-refractivity contribution in [3.05, 3.63) is 0 Å². The van der Waals surface area contributed by atoms with Crippen molar-refractivity contribution in [1.29, 1.82) is 0 Å². The molecule has 0 aromatic heterocycles. The van der Waals surface area contributed by atoms with E-state index in [0.717, 1.165) is 19.5 Å². The number of amides is 1. The lowest BCUT2D eigenvalue weighted by molar-refractivity contribution is -0.134. The van der Waals surface area contributed by atoms with Crippen LogP contribution in [0.2, 0.25) is 0 Å². The van der Waals surface area contributed by atoms with Crippen LogP contribution >= 0.6 is 0 Å². The fourth-order valence-electron chi connectivity index (χ4n) is 2.29. The molecule has 1 fully saturated rings. The van der Waals surface area contributed by atoms with Crippen LogP contribution in [0, 0.1) is 0 Å². The third-order valence-electron chi connectivity index (χ3n) is 3.07. The van der Waals surface area contributed by atoms with E-state index in [9.17, 15) is 4.79 Å². The average Bonchev–Trinajstić information content (AvgIpc) is 2.14. The van der Waals surface area contributed by atoms with Gasteiger partial charge in [-0.2, -0.15) is 0 Å². The summed E-state index contributed by atoms with van der Waals surface area (Å²) >= 11 is 0. The molecule has 94 valence electrons. The van der Waals surface area contributed by atoms with Crippen molar-refractivity contribution in [2.75, 3.05) is 20.1 Å². The summed E-state index contributed by atoms with van der Waals surface area (Å²) in [4.78, 5) is 14.4. The quantitative estimate of drug-likeness (QED) is 0.738. The minimum absolute atomic E-state index is 0.0143. The summed E-state index contributed by atoms with van der Waals surface area (Å²) in [6.07, 6.45) is 0.872. The molecule has 1 aliphatic heterocycles. The van der Waals surface area contributed by atoms with Gasteiger partial charge in [0.15, 0.2) is 0 Å². The van der Waals surface area contributed by atoms with Gasteiger partial charge in [-0.1, -0.05) is 0 Å². The van der Waals surface area contributed by atoms with Gasteiger partial charge in [-0.15, -0.1) is 0 Å². The Balaban J connectivity index is 2.75. The van der Waals surface area contributed by atoms with E-state index in [-0.39, 0.29) is 17.5 Å². The van der Waals surface area contributed by atoms with Gasteiger partial charge >= 0.3 is 0 Å². The summed E-state index contributed by atoms with van der Waals surface area (Å²) in [7, 11) is 1.92. The first-order valence-corrected chi connectivity index (χ1v) is 6.10. The van der Waals surface area contributed by atoms with Crippen LogP contribution in [-0.4, -0.2) is 48.6 Å². The van der Waals surface area contributed by atoms with Crippen LogP contribution in [0.3, 0.4) is 0 Å². The maximum atomic E-state index is 12.1. The molecule has 1 unspecified atom stereocenters. The summed E-state index contributed by atoms with van der Waals surface area (Å²) in [6.45, 7) is 10.3. The molecule has 1 amide bonds. The minimum atomic E-state index is -0.114. The van der Waals surface area contributed by atoms with Crippen molar-refractivity contribution in [3.8, 4) is 0 Å². The van der Waals surface area contributed by atoms with Crippen molar-refractivity contribution in [3.63, 3.8) is 0 Å². The maximum Gasteiger partial charge on any atom is 0.237 e. The highest BCUT2D eigenvalue weighted by atomic mass is 16.2. The van der Waals surface area contributed by atoms with E-state index in [0.29, 0.717) is 6.04 Å². The first kappa shape index (κ1) is 13.5. The number of carbonyl (C=O) groups excluding carboxylic acids is 1. The molecule has 0 spiro atoms. The van der Waals surface area contributed by atoms with Crippen molar-refractivity contribution in [2.45, 2.75) is 51.7 Å². The van der Waals surface area contributed by atoms with E-state index >= 15 is 0 Å². The summed E-state index contributed by atoms with van der Waals surface area (Å²) in [5, 5.41) is 6.20. The molecule has 4 nitrogen and oxygen atoms in total. The largest absolute Gasteiger partial charge is 0.349 e. The van der Waals surface area contributed by atoms with E-state index in [1.54, 1.807) is 0 Å². The topological polar surface area (TPSA) is 44.4 Å². The van der Waals surface area contributed by atoms with Gasteiger partial charge in [-0.05, 0) is 47.7 Å². The van der Waals surface area contributed by atoms with Crippen LogP contribution in [0.1, 0.15) is 34.1 Å². The zero-order valence-electron chi connectivity index (χ0n) is 11.1. The third kappa shape index (κ3) is 3.19. The van der Waals surface area contributed by atoms with Gasteiger partial charge in [-0.3, -0.25) is 9.69 Å². The first-order chi connectivity index (χ1) is 7.37. The SMILES string of the molecule is CNCCC1C(=O)NC(C)(C)CN1C(C)C. The molecular weight excluding hydrogens is 202 g/mol. The van der Waals surface area contributed by atoms with Gasteiger partial charge in [0.1, 0.15) is 0 Å². The predicted molar refractivity (Wildman–Crippen MR) is 66.4 cm³/mol. The van der Waals surface area contributed by atoms with Crippen LogP contribution in [0.25, 0.3) is 0 Å². The smallest absolute Gasteiger partial charge is 0.237 e. The van der Waals surface area contributed by atoms with Crippen LogP contribution in [0.5, 0.6) is 0 Å². The summed E-state index contributed by atoms with van der Waals surface area (Å²) in [5.74, 6) is 0.167. The van der Waals surface area contributed by atoms with E-state index in [4.69, 9.17) is 0 Å². The van der Waals surface area contributed by atoms with Crippen LogP contribution in [0.15, 0.2) is 0 Å². The van der Waals surface area contributed by atoms with Gasteiger partial charge in [0, 0.05) is 18.1 Å². The molecule has 0 radical (unpaired) electrons. The Morgan fingerprint density at radius 3 is 2.69 bits per heavy atom. The number of carbonyl (C=O) groups is 1. The number of nitrogens with one attached hydrogen (secondary N) is 2. The summed E-state index contributed by atoms with van der Waals surface area (Å²) < 4.78 is 0. The van der Waals surface area contributed by atoms with Crippen molar-refractivity contribution < 1.29 is 4.79 Å². The molecule has 1 heterocycles. The summed E-state index contributed by atoms with van der Waals surface area (Å²) in [6, 6.07) is 0.424. The minimum Gasteiger partial charge on any atom is -0.349 e. The molecule has 0 aromatic rings.